The van der Waals surface area contributed by atoms with E-state index in [1.165, 1.54) is 35.2 Å². The SMILES string of the molecule is O=c1[nH]c(CSc2nnc(N3CCOCC3)n2C2CC2)nc2scc(-c3ccc(F)cc3)c12. The first-order valence-electron chi connectivity index (χ1n) is 10.8. The molecule has 0 bridgehead atoms. The number of halogens is 1. The molecule has 1 saturated carbocycles. The zero-order valence-electron chi connectivity index (χ0n) is 17.7. The van der Waals surface area contributed by atoms with Gasteiger partial charge in [0.1, 0.15) is 16.5 Å². The fourth-order valence-electron chi connectivity index (χ4n) is 4.04. The number of nitrogens with zero attached hydrogens (tertiary/aromatic N) is 5. The van der Waals surface area contributed by atoms with Crippen LogP contribution in [0.15, 0.2) is 39.6 Å². The number of morpholine rings is 1. The molecule has 2 fully saturated rings. The van der Waals surface area contributed by atoms with Gasteiger partial charge in [-0.15, -0.1) is 21.5 Å². The van der Waals surface area contributed by atoms with Gasteiger partial charge in [0.2, 0.25) is 5.95 Å². The predicted octanol–water partition coefficient (Wildman–Crippen LogP) is 3.85. The van der Waals surface area contributed by atoms with Gasteiger partial charge in [0.05, 0.1) is 24.4 Å². The molecule has 3 aromatic heterocycles. The Morgan fingerprint density at radius 1 is 1.18 bits per heavy atom. The molecule has 2 aliphatic rings. The summed E-state index contributed by atoms with van der Waals surface area (Å²) in [5.41, 5.74) is 1.38. The van der Waals surface area contributed by atoms with Gasteiger partial charge >= 0.3 is 0 Å². The Morgan fingerprint density at radius 3 is 2.73 bits per heavy atom. The number of rotatable bonds is 6. The molecule has 0 unspecified atom stereocenters. The summed E-state index contributed by atoms with van der Waals surface area (Å²) >= 11 is 2.96. The lowest BCUT2D eigenvalue weighted by Crippen LogP contribution is -2.38. The first-order valence-corrected chi connectivity index (χ1v) is 12.7. The van der Waals surface area contributed by atoms with Crippen molar-refractivity contribution < 1.29 is 9.13 Å². The number of fused-ring (bicyclic) bond motifs is 1. The van der Waals surface area contributed by atoms with E-state index >= 15 is 0 Å². The summed E-state index contributed by atoms with van der Waals surface area (Å²) < 4.78 is 21.0. The zero-order chi connectivity index (χ0) is 22.4. The van der Waals surface area contributed by atoms with Crippen LogP contribution in [0.4, 0.5) is 10.3 Å². The molecule has 8 nitrogen and oxygen atoms in total. The van der Waals surface area contributed by atoms with Gasteiger partial charge in [-0.05, 0) is 30.5 Å². The molecule has 4 heterocycles. The van der Waals surface area contributed by atoms with Crippen molar-refractivity contribution in [3.63, 3.8) is 0 Å². The van der Waals surface area contributed by atoms with E-state index in [1.54, 1.807) is 12.1 Å². The average Bonchev–Trinajstić information content (AvgIpc) is 3.43. The van der Waals surface area contributed by atoms with Crippen LogP contribution in [0, 0.1) is 5.82 Å². The second-order valence-electron chi connectivity index (χ2n) is 8.12. The smallest absolute Gasteiger partial charge is 0.260 e. The molecule has 1 aliphatic heterocycles. The second-order valence-corrected chi connectivity index (χ2v) is 9.92. The molecule has 0 spiro atoms. The van der Waals surface area contributed by atoms with Gasteiger partial charge in [-0.3, -0.25) is 9.36 Å². The van der Waals surface area contributed by atoms with E-state index in [9.17, 15) is 9.18 Å². The van der Waals surface area contributed by atoms with E-state index in [-0.39, 0.29) is 11.4 Å². The van der Waals surface area contributed by atoms with Crippen LogP contribution in [-0.4, -0.2) is 51.0 Å². The highest BCUT2D eigenvalue weighted by atomic mass is 32.2. The minimum atomic E-state index is -0.305. The van der Waals surface area contributed by atoms with E-state index in [0.717, 1.165) is 48.2 Å². The molecule has 0 atom stereocenters. The Morgan fingerprint density at radius 2 is 1.97 bits per heavy atom. The highest BCUT2D eigenvalue weighted by Crippen LogP contribution is 2.41. The van der Waals surface area contributed by atoms with Crippen LogP contribution >= 0.6 is 23.1 Å². The van der Waals surface area contributed by atoms with E-state index in [0.29, 0.717) is 41.0 Å². The van der Waals surface area contributed by atoms with Crippen molar-refractivity contribution in [3.8, 4) is 11.1 Å². The zero-order valence-corrected chi connectivity index (χ0v) is 19.3. The number of nitrogens with one attached hydrogen (secondary N) is 1. The second kappa shape index (κ2) is 8.54. The minimum Gasteiger partial charge on any atom is -0.378 e. The van der Waals surface area contributed by atoms with Crippen LogP contribution in [0.5, 0.6) is 0 Å². The lowest BCUT2D eigenvalue weighted by Gasteiger charge is -2.27. The number of benzene rings is 1. The number of ether oxygens (including phenoxy) is 1. The Balaban J connectivity index is 1.26. The first kappa shape index (κ1) is 20.8. The van der Waals surface area contributed by atoms with Gasteiger partial charge in [0.25, 0.3) is 5.56 Å². The number of thiophene rings is 1. The molecule has 1 N–H and O–H groups in total. The largest absolute Gasteiger partial charge is 0.378 e. The van der Waals surface area contributed by atoms with Crippen LogP contribution in [0.2, 0.25) is 0 Å². The van der Waals surface area contributed by atoms with Crippen molar-refractivity contribution in [1.82, 2.24) is 24.7 Å². The predicted molar refractivity (Wildman–Crippen MR) is 127 cm³/mol. The van der Waals surface area contributed by atoms with E-state index in [4.69, 9.17) is 4.74 Å². The van der Waals surface area contributed by atoms with Crippen molar-refractivity contribution in [2.75, 3.05) is 31.2 Å². The summed E-state index contributed by atoms with van der Waals surface area (Å²) in [5.74, 6) is 1.69. The summed E-state index contributed by atoms with van der Waals surface area (Å²) in [6, 6.07) is 6.58. The van der Waals surface area contributed by atoms with Gasteiger partial charge < -0.3 is 14.6 Å². The maximum absolute atomic E-state index is 13.3. The number of aromatic nitrogens is 5. The molecule has 1 aliphatic carbocycles. The van der Waals surface area contributed by atoms with Crippen molar-refractivity contribution in [2.24, 2.45) is 0 Å². The standard InChI is InChI=1S/C22H21FN6O2S2/c23-14-3-1-13(2-4-14)16-11-32-20-18(16)19(30)24-17(25-20)12-33-22-27-26-21(29(22)15-5-6-15)28-7-9-31-10-8-28/h1-4,11,15H,5-10,12H2,(H,24,25,30). The Kier molecular flexibility index (Phi) is 5.39. The summed E-state index contributed by atoms with van der Waals surface area (Å²) in [7, 11) is 0. The Labute approximate surface area is 196 Å². The maximum Gasteiger partial charge on any atom is 0.260 e. The molecular formula is C22H21FN6O2S2. The molecule has 170 valence electrons. The highest BCUT2D eigenvalue weighted by Gasteiger charge is 2.32. The summed E-state index contributed by atoms with van der Waals surface area (Å²) in [4.78, 5) is 23.4. The van der Waals surface area contributed by atoms with E-state index < -0.39 is 0 Å². The van der Waals surface area contributed by atoms with E-state index in [2.05, 4.69) is 29.6 Å². The van der Waals surface area contributed by atoms with Crippen LogP contribution < -0.4 is 10.5 Å². The van der Waals surface area contributed by atoms with E-state index in [1.807, 2.05) is 5.38 Å². The third-order valence-corrected chi connectivity index (χ3v) is 7.67. The molecule has 1 saturated heterocycles. The molecule has 0 radical (unpaired) electrons. The van der Waals surface area contributed by atoms with Gasteiger partial charge in [-0.1, -0.05) is 23.9 Å². The Bertz CT molecular complexity index is 1360. The minimum absolute atomic E-state index is 0.186. The van der Waals surface area contributed by atoms with Gasteiger partial charge in [0, 0.05) is 30.1 Å². The third-order valence-electron chi connectivity index (χ3n) is 5.84. The summed E-state index contributed by atoms with van der Waals surface area (Å²) in [5, 5.41) is 12.2. The van der Waals surface area contributed by atoms with Crippen LogP contribution in [0.1, 0.15) is 24.7 Å². The van der Waals surface area contributed by atoms with Gasteiger partial charge in [0.15, 0.2) is 5.16 Å². The monoisotopic (exact) mass is 484 g/mol. The lowest BCUT2D eigenvalue weighted by atomic mass is 10.1. The molecule has 1 aromatic carbocycles. The number of hydrogen-bond acceptors (Lipinski definition) is 8. The first-order chi connectivity index (χ1) is 16.2. The Hall–Kier alpha value is -2.76. The lowest BCUT2D eigenvalue weighted by molar-refractivity contribution is 0.121. The quantitative estimate of drug-likeness (QED) is 0.416. The fourth-order valence-corrected chi connectivity index (χ4v) is 5.87. The van der Waals surface area contributed by atoms with Gasteiger partial charge in [-0.2, -0.15) is 0 Å². The number of anilines is 1. The topological polar surface area (TPSA) is 88.9 Å². The average molecular weight is 485 g/mol. The summed E-state index contributed by atoms with van der Waals surface area (Å²) in [6.45, 7) is 3.03. The molecule has 6 rings (SSSR count). The number of hydrogen-bond donors (Lipinski definition) is 1. The van der Waals surface area contributed by atoms with Crippen LogP contribution in [-0.2, 0) is 10.5 Å². The third kappa shape index (κ3) is 4.04. The van der Waals surface area contributed by atoms with Crippen LogP contribution in [0.25, 0.3) is 21.3 Å². The van der Waals surface area contributed by atoms with Crippen molar-refractivity contribution >= 4 is 39.3 Å². The number of aromatic amines is 1. The number of thioether (sulfide) groups is 1. The van der Waals surface area contributed by atoms with Crippen molar-refractivity contribution in [1.29, 1.82) is 0 Å². The molecule has 11 heteroatoms. The fraction of sp³-hybridized carbons (Fsp3) is 0.364. The van der Waals surface area contributed by atoms with Crippen molar-refractivity contribution in [3.05, 3.63) is 51.6 Å². The molecule has 33 heavy (non-hydrogen) atoms. The molecule has 4 aromatic rings. The summed E-state index contributed by atoms with van der Waals surface area (Å²) in [6.07, 6.45) is 2.26. The number of H-pyrrole nitrogens is 1. The molecular weight excluding hydrogens is 463 g/mol. The van der Waals surface area contributed by atoms with Crippen LogP contribution in [0.3, 0.4) is 0 Å². The molecule has 0 amide bonds. The van der Waals surface area contributed by atoms with Crippen molar-refractivity contribution in [2.45, 2.75) is 29.8 Å². The highest BCUT2D eigenvalue weighted by molar-refractivity contribution is 7.98. The maximum atomic E-state index is 13.3. The van der Waals surface area contributed by atoms with Gasteiger partial charge in [-0.25, -0.2) is 9.37 Å². The normalized spacial score (nSPS) is 16.6.